The van der Waals surface area contributed by atoms with Crippen molar-refractivity contribution in [3.05, 3.63) is 29.8 Å². The zero-order valence-corrected chi connectivity index (χ0v) is 12.7. The molecule has 2 aromatic rings. The number of nitrogens with zero attached hydrogens (tertiary/aromatic N) is 2. The fraction of sp³-hybridized carbons (Fsp3) is 0.533. The molecule has 0 unspecified atom stereocenters. The van der Waals surface area contributed by atoms with Crippen molar-refractivity contribution in [1.29, 1.82) is 0 Å². The van der Waals surface area contributed by atoms with Crippen molar-refractivity contribution in [2.75, 3.05) is 13.2 Å². The van der Waals surface area contributed by atoms with Crippen molar-refractivity contribution in [1.82, 2.24) is 9.55 Å². The first-order valence-corrected chi connectivity index (χ1v) is 7.43. The van der Waals surface area contributed by atoms with E-state index < -0.39 is 0 Å². The maximum atomic E-state index is 13.2. The number of hydrogen-bond acceptors (Lipinski definition) is 2. The minimum absolute atomic E-state index is 0.275. The van der Waals surface area contributed by atoms with Crippen LogP contribution in [0.1, 0.15) is 26.1 Å². The molecule has 2 rings (SSSR count). The highest BCUT2D eigenvalue weighted by molar-refractivity contribution is 6.16. The van der Waals surface area contributed by atoms with Gasteiger partial charge in [0, 0.05) is 25.8 Å². The maximum Gasteiger partial charge on any atom is 0.125 e. The molecule has 0 spiro atoms. The van der Waals surface area contributed by atoms with E-state index in [-0.39, 0.29) is 5.82 Å². The molecular weight excluding hydrogens is 279 g/mol. The smallest absolute Gasteiger partial charge is 0.125 e. The lowest BCUT2D eigenvalue weighted by atomic mass is 10.2. The molecule has 1 aromatic heterocycles. The fourth-order valence-corrected chi connectivity index (χ4v) is 2.35. The summed E-state index contributed by atoms with van der Waals surface area (Å²) in [5, 5.41) is 0. The molecule has 0 saturated heterocycles. The Labute approximate surface area is 123 Å². The average molecular weight is 299 g/mol. The number of aromatic nitrogens is 2. The Kier molecular flexibility index (Phi) is 5.38. The molecule has 0 amide bonds. The Morgan fingerprint density at radius 1 is 1.40 bits per heavy atom. The van der Waals surface area contributed by atoms with Crippen molar-refractivity contribution >= 4 is 22.6 Å². The first-order chi connectivity index (χ1) is 9.61. The number of benzene rings is 1. The Morgan fingerprint density at radius 2 is 2.20 bits per heavy atom. The van der Waals surface area contributed by atoms with Crippen molar-refractivity contribution in [2.45, 2.75) is 32.7 Å². The third-order valence-corrected chi connectivity index (χ3v) is 3.27. The number of alkyl halides is 1. The number of aryl methyl sites for hydroxylation is 1. The number of ether oxygens (including phenoxy) is 1. The van der Waals surface area contributed by atoms with Crippen LogP contribution in [0.5, 0.6) is 0 Å². The van der Waals surface area contributed by atoms with Gasteiger partial charge in [-0.15, -0.1) is 11.6 Å². The highest BCUT2D eigenvalue weighted by Gasteiger charge is 2.10. The van der Waals surface area contributed by atoms with E-state index in [0.717, 1.165) is 30.9 Å². The molecule has 0 atom stereocenters. The molecule has 0 saturated carbocycles. The number of fused-ring (bicyclic) bond motifs is 1. The van der Waals surface area contributed by atoms with Crippen molar-refractivity contribution in [3.63, 3.8) is 0 Å². The van der Waals surface area contributed by atoms with Gasteiger partial charge in [-0.1, -0.05) is 13.8 Å². The standard InChI is InChI=1S/C15H20ClFN2O/c1-11(2)10-20-7-3-6-19-14-5-4-12(17)8-13(14)18-15(19)9-16/h4-5,8,11H,3,6-7,9-10H2,1-2H3. The lowest BCUT2D eigenvalue weighted by Gasteiger charge is -2.09. The number of rotatable bonds is 7. The Balaban J connectivity index is 2.04. The second kappa shape index (κ2) is 7.04. The monoisotopic (exact) mass is 298 g/mol. The van der Waals surface area contributed by atoms with E-state index in [2.05, 4.69) is 18.8 Å². The van der Waals surface area contributed by atoms with Crippen molar-refractivity contribution in [2.24, 2.45) is 5.92 Å². The van der Waals surface area contributed by atoms with Crippen molar-refractivity contribution in [3.8, 4) is 0 Å². The zero-order chi connectivity index (χ0) is 14.5. The van der Waals surface area contributed by atoms with Gasteiger partial charge in [-0.3, -0.25) is 0 Å². The van der Waals surface area contributed by atoms with E-state index in [4.69, 9.17) is 16.3 Å². The number of hydrogen-bond donors (Lipinski definition) is 0. The van der Waals surface area contributed by atoms with Crippen LogP contribution < -0.4 is 0 Å². The summed E-state index contributed by atoms with van der Waals surface area (Å²) in [4.78, 5) is 4.37. The fourth-order valence-electron chi connectivity index (χ4n) is 2.15. The van der Waals surface area contributed by atoms with Gasteiger partial charge in [-0.25, -0.2) is 9.37 Å². The molecule has 0 fully saturated rings. The van der Waals surface area contributed by atoms with Gasteiger partial charge in [-0.2, -0.15) is 0 Å². The summed E-state index contributed by atoms with van der Waals surface area (Å²) in [5.74, 6) is 1.37. The summed E-state index contributed by atoms with van der Waals surface area (Å²) >= 11 is 5.92. The zero-order valence-electron chi connectivity index (χ0n) is 11.9. The van der Waals surface area contributed by atoms with Crippen LogP contribution in [-0.4, -0.2) is 22.8 Å². The molecule has 5 heteroatoms. The van der Waals surface area contributed by atoms with E-state index in [1.807, 2.05) is 4.57 Å². The van der Waals surface area contributed by atoms with E-state index in [1.54, 1.807) is 6.07 Å². The van der Waals surface area contributed by atoms with Gasteiger partial charge >= 0.3 is 0 Å². The van der Waals surface area contributed by atoms with Crippen LogP contribution in [0.2, 0.25) is 0 Å². The quantitative estimate of drug-likeness (QED) is 0.571. The first kappa shape index (κ1) is 15.3. The van der Waals surface area contributed by atoms with Gasteiger partial charge in [0.2, 0.25) is 0 Å². The summed E-state index contributed by atoms with van der Waals surface area (Å²) in [5.41, 5.74) is 1.58. The predicted molar refractivity (Wildman–Crippen MR) is 79.5 cm³/mol. The largest absolute Gasteiger partial charge is 0.381 e. The van der Waals surface area contributed by atoms with Gasteiger partial charge < -0.3 is 9.30 Å². The topological polar surface area (TPSA) is 27.1 Å². The van der Waals surface area contributed by atoms with Crippen LogP contribution >= 0.6 is 11.6 Å². The second-order valence-electron chi connectivity index (χ2n) is 5.27. The normalized spacial score (nSPS) is 11.7. The molecule has 0 radical (unpaired) electrons. The predicted octanol–water partition coefficient (Wildman–Crippen LogP) is 3.98. The van der Waals surface area contributed by atoms with Crippen molar-refractivity contribution < 1.29 is 9.13 Å². The lowest BCUT2D eigenvalue weighted by Crippen LogP contribution is -2.08. The van der Waals surface area contributed by atoms with Gasteiger partial charge in [0.25, 0.3) is 0 Å². The van der Waals surface area contributed by atoms with Gasteiger partial charge in [0.15, 0.2) is 0 Å². The minimum atomic E-state index is -0.275. The molecular formula is C15H20ClFN2O. The van der Waals surface area contributed by atoms with E-state index in [0.29, 0.717) is 23.9 Å². The average Bonchev–Trinajstić information content (AvgIpc) is 2.75. The molecule has 1 heterocycles. The molecule has 0 N–H and O–H groups in total. The SMILES string of the molecule is CC(C)COCCCn1c(CCl)nc2cc(F)ccc21. The molecule has 0 aliphatic heterocycles. The van der Waals surface area contributed by atoms with Crippen LogP contribution in [-0.2, 0) is 17.2 Å². The first-order valence-electron chi connectivity index (χ1n) is 6.90. The number of halogens is 2. The molecule has 0 aliphatic rings. The summed E-state index contributed by atoms with van der Waals surface area (Å²) in [6, 6.07) is 4.65. The highest BCUT2D eigenvalue weighted by Crippen LogP contribution is 2.19. The van der Waals surface area contributed by atoms with E-state index in [1.165, 1.54) is 12.1 Å². The molecule has 0 bridgehead atoms. The summed E-state index contributed by atoms with van der Waals surface area (Å²) < 4.78 is 20.8. The number of imidazole rings is 1. The van der Waals surface area contributed by atoms with Crippen LogP contribution in [0.15, 0.2) is 18.2 Å². The third kappa shape index (κ3) is 3.70. The van der Waals surface area contributed by atoms with Crippen LogP contribution in [0, 0.1) is 11.7 Å². The highest BCUT2D eigenvalue weighted by atomic mass is 35.5. The van der Waals surface area contributed by atoms with Crippen LogP contribution in [0.25, 0.3) is 11.0 Å². The molecule has 1 aromatic carbocycles. The lowest BCUT2D eigenvalue weighted by molar-refractivity contribution is 0.105. The Hall–Kier alpha value is -1.13. The van der Waals surface area contributed by atoms with E-state index >= 15 is 0 Å². The molecule has 3 nitrogen and oxygen atoms in total. The Morgan fingerprint density at radius 3 is 2.90 bits per heavy atom. The Bertz CT molecular complexity index is 568. The maximum absolute atomic E-state index is 13.2. The molecule has 20 heavy (non-hydrogen) atoms. The van der Waals surface area contributed by atoms with Gasteiger partial charge in [0.1, 0.15) is 11.6 Å². The van der Waals surface area contributed by atoms with Crippen LogP contribution in [0.4, 0.5) is 4.39 Å². The molecule has 110 valence electrons. The second-order valence-corrected chi connectivity index (χ2v) is 5.54. The van der Waals surface area contributed by atoms with Gasteiger partial charge in [0.05, 0.1) is 16.9 Å². The summed E-state index contributed by atoms with van der Waals surface area (Å²) in [6.07, 6.45) is 0.888. The summed E-state index contributed by atoms with van der Waals surface area (Å²) in [7, 11) is 0. The summed E-state index contributed by atoms with van der Waals surface area (Å²) in [6.45, 7) is 6.52. The van der Waals surface area contributed by atoms with Crippen LogP contribution in [0.3, 0.4) is 0 Å². The molecule has 0 aliphatic carbocycles. The third-order valence-electron chi connectivity index (χ3n) is 3.03. The van der Waals surface area contributed by atoms with E-state index in [9.17, 15) is 4.39 Å². The van der Waals surface area contributed by atoms with Gasteiger partial charge in [-0.05, 0) is 24.5 Å². The minimum Gasteiger partial charge on any atom is -0.381 e.